The molecule has 3 unspecified atom stereocenters. The van der Waals surface area contributed by atoms with Crippen molar-refractivity contribution in [3.63, 3.8) is 0 Å². The third kappa shape index (κ3) is 4.84. The van der Waals surface area contributed by atoms with E-state index in [1.165, 1.54) is 38.8 Å². The van der Waals surface area contributed by atoms with Crippen LogP contribution < -0.4 is 0 Å². The molecule has 16 heavy (non-hydrogen) atoms. The molecule has 0 N–H and O–H groups in total. The van der Waals surface area contributed by atoms with E-state index in [4.69, 9.17) is 4.74 Å². The minimum absolute atomic E-state index is 0.431. The van der Waals surface area contributed by atoms with Gasteiger partial charge in [0.15, 0.2) is 0 Å². The van der Waals surface area contributed by atoms with Crippen molar-refractivity contribution in [1.82, 2.24) is 4.90 Å². The minimum Gasteiger partial charge on any atom is -0.380 e. The molecule has 0 radical (unpaired) electrons. The average Bonchev–Trinajstić information content (AvgIpc) is 2.28. The second kappa shape index (κ2) is 7.29. The van der Waals surface area contributed by atoms with Crippen LogP contribution in [0, 0.1) is 11.8 Å². The molecule has 0 aliphatic carbocycles. The second-order valence-corrected chi connectivity index (χ2v) is 5.61. The molecular weight excluding hydrogens is 198 g/mol. The standard InChI is InChI=1S/C14H29NO/c1-5-12(2)9-14(16-4)11-15-8-6-7-13(3)10-15/h12-14H,5-11H2,1-4H3. The number of likely N-dealkylation sites (tertiary alicyclic amines) is 1. The summed E-state index contributed by atoms with van der Waals surface area (Å²) < 4.78 is 5.62. The van der Waals surface area contributed by atoms with Crippen molar-refractivity contribution in [2.75, 3.05) is 26.7 Å². The molecule has 0 bridgehead atoms. The first-order chi connectivity index (χ1) is 7.65. The first kappa shape index (κ1) is 14.0. The van der Waals surface area contributed by atoms with E-state index in [-0.39, 0.29) is 0 Å². The molecule has 0 spiro atoms. The quantitative estimate of drug-likeness (QED) is 0.691. The Bertz CT molecular complexity index is 184. The summed E-state index contributed by atoms with van der Waals surface area (Å²) in [5.74, 6) is 1.65. The molecule has 1 heterocycles. The molecule has 0 saturated carbocycles. The molecule has 0 amide bonds. The summed E-state index contributed by atoms with van der Waals surface area (Å²) in [7, 11) is 1.86. The highest BCUT2D eigenvalue weighted by Gasteiger charge is 2.20. The van der Waals surface area contributed by atoms with E-state index in [2.05, 4.69) is 25.7 Å². The van der Waals surface area contributed by atoms with Crippen molar-refractivity contribution in [2.45, 2.75) is 52.6 Å². The highest BCUT2D eigenvalue weighted by atomic mass is 16.5. The molecule has 0 aromatic heterocycles. The predicted molar refractivity (Wildman–Crippen MR) is 69.7 cm³/mol. The van der Waals surface area contributed by atoms with Crippen LogP contribution in [0.4, 0.5) is 0 Å². The molecule has 96 valence electrons. The van der Waals surface area contributed by atoms with Gasteiger partial charge in [-0.3, -0.25) is 0 Å². The first-order valence-electron chi connectivity index (χ1n) is 6.90. The molecule has 2 heteroatoms. The van der Waals surface area contributed by atoms with E-state index in [0.717, 1.165) is 18.4 Å². The molecule has 0 aromatic carbocycles. The van der Waals surface area contributed by atoms with Crippen LogP contribution in [0.25, 0.3) is 0 Å². The number of hydrogen-bond acceptors (Lipinski definition) is 2. The van der Waals surface area contributed by atoms with Crippen LogP contribution in [0.5, 0.6) is 0 Å². The Labute approximate surface area is 101 Å². The lowest BCUT2D eigenvalue weighted by Gasteiger charge is -2.33. The topological polar surface area (TPSA) is 12.5 Å². The molecule has 1 fully saturated rings. The monoisotopic (exact) mass is 227 g/mol. The molecule has 1 rings (SSSR count). The van der Waals surface area contributed by atoms with Crippen molar-refractivity contribution in [2.24, 2.45) is 11.8 Å². The molecule has 2 nitrogen and oxygen atoms in total. The van der Waals surface area contributed by atoms with E-state index in [0.29, 0.717) is 6.10 Å². The van der Waals surface area contributed by atoms with E-state index in [1.54, 1.807) is 0 Å². The highest BCUT2D eigenvalue weighted by molar-refractivity contribution is 4.74. The molecule has 3 atom stereocenters. The largest absolute Gasteiger partial charge is 0.380 e. The van der Waals surface area contributed by atoms with Gasteiger partial charge >= 0.3 is 0 Å². The van der Waals surface area contributed by atoms with Crippen LogP contribution >= 0.6 is 0 Å². The zero-order valence-electron chi connectivity index (χ0n) is 11.5. The van der Waals surface area contributed by atoms with Gasteiger partial charge in [-0.2, -0.15) is 0 Å². The fourth-order valence-corrected chi connectivity index (χ4v) is 2.60. The molecule has 1 aliphatic rings. The lowest BCUT2D eigenvalue weighted by molar-refractivity contribution is 0.0355. The number of methoxy groups -OCH3 is 1. The van der Waals surface area contributed by atoms with E-state index in [9.17, 15) is 0 Å². The zero-order chi connectivity index (χ0) is 12.0. The van der Waals surface area contributed by atoms with Crippen molar-refractivity contribution < 1.29 is 4.74 Å². The average molecular weight is 227 g/mol. The van der Waals surface area contributed by atoms with Crippen molar-refractivity contribution >= 4 is 0 Å². The van der Waals surface area contributed by atoms with Gasteiger partial charge < -0.3 is 9.64 Å². The third-order valence-electron chi connectivity index (χ3n) is 3.90. The number of nitrogens with zero attached hydrogens (tertiary/aromatic N) is 1. The van der Waals surface area contributed by atoms with Gasteiger partial charge in [0.05, 0.1) is 6.10 Å². The fraction of sp³-hybridized carbons (Fsp3) is 1.00. The van der Waals surface area contributed by atoms with E-state index in [1.807, 2.05) is 7.11 Å². The Balaban J connectivity index is 2.31. The maximum atomic E-state index is 5.62. The molecule has 1 aliphatic heterocycles. The third-order valence-corrected chi connectivity index (χ3v) is 3.90. The van der Waals surface area contributed by atoms with Crippen LogP contribution in [0.1, 0.15) is 46.5 Å². The summed E-state index contributed by atoms with van der Waals surface area (Å²) in [5, 5.41) is 0. The predicted octanol–water partition coefficient (Wildman–Crippen LogP) is 3.17. The summed E-state index contributed by atoms with van der Waals surface area (Å²) >= 11 is 0. The Kier molecular flexibility index (Phi) is 6.37. The summed E-state index contributed by atoms with van der Waals surface area (Å²) in [5.41, 5.74) is 0. The Hall–Kier alpha value is -0.0800. The van der Waals surface area contributed by atoms with Crippen molar-refractivity contribution in [3.8, 4) is 0 Å². The first-order valence-corrected chi connectivity index (χ1v) is 6.90. The molecule has 0 aromatic rings. The minimum atomic E-state index is 0.431. The van der Waals surface area contributed by atoms with Gasteiger partial charge in [-0.15, -0.1) is 0 Å². The lowest BCUT2D eigenvalue weighted by Crippen LogP contribution is -2.40. The number of hydrogen-bond donors (Lipinski definition) is 0. The Morgan fingerprint density at radius 2 is 2.19 bits per heavy atom. The number of ether oxygens (including phenoxy) is 1. The van der Waals surface area contributed by atoms with Gasteiger partial charge in [-0.1, -0.05) is 27.2 Å². The number of piperidine rings is 1. The van der Waals surface area contributed by atoms with Crippen LogP contribution in [0.3, 0.4) is 0 Å². The fourth-order valence-electron chi connectivity index (χ4n) is 2.60. The second-order valence-electron chi connectivity index (χ2n) is 5.61. The smallest absolute Gasteiger partial charge is 0.0700 e. The maximum Gasteiger partial charge on any atom is 0.0700 e. The summed E-state index contributed by atoms with van der Waals surface area (Å²) in [6.07, 6.45) is 5.66. The lowest BCUT2D eigenvalue weighted by atomic mass is 9.97. The SMILES string of the molecule is CCC(C)CC(CN1CCCC(C)C1)OC. The van der Waals surface area contributed by atoms with E-state index >= 15 is 0 Å². The maximum absolute atomic E-state index is 5.62. The normalized spacial score (nSPS) is 26.6. The Morgan fingerprint density at radius 1 is 1.44 bits per heavy atom. The van der Waals surface area contributed by atoms with Crippen molar-refractivity contribution in [1.29, 1.82) is 0 Å². The van der Waals surface area contributed by atoms with Gasteiger partial charge in [0.1, 0.15) is 0 Å². The highest BCUT2D eigenvalue weighted by Crippen LogP contribution is 2.18. The van der Waals surface area contributed by atoms with Gasteiger partial charge in [-0.25, -0.2) is 0 Å². The summed E-state index contributed by atoms with van der Waals surface area (Å²) in [6, 6.07) is 0. The van der Waals surface area contributed by atoms with E-state index < -0.39 is 0 Å². The van der Waals surface area contributed by atoms with Gasteiger partial charge in [0, 0.05) is 20.2 Å². The summed E-state index contributed by atoms with van der Waals surface area (Å²) in [4.78, 5) is 2.59. The van der Waals surface area contributed by atoms with Crippen LogP contribution in [0.15, 0.2) is 0 Å². The van der Waals surface area contributed by atoms with Crippen LogP contribution in [-0.4, -0.2) is 37.7 Å². The number of rotatable bonds is 6. The zero-order valence-corrected chi connectivity index (χ0v) is 11.5. The Morgan fingerprint density at radius 3 is 2.75 bits per heavy atom. The van der Waals surface area contributed by atoms with Gasteiger partial charge in [0.25, 0.3) is 0 Å². The van der Waals surface area contributed by atoms with Gasteiger partial charge in [-0.05, 0) is 37.6 Å². The van der Waals surface area contributed by atoms with Crippen molar-refractivity contribution in [3.05, 3.63) is 0 Å². The van der Waals surface area contributed by atoms with Gasteiger partial charge in [0.2, 0.25) is 0 Å². The molecule has 1 saturated heterocycles. The van der Waals surface area contributed by atoms with Crippen LogP contribution in [0.2, 0.25) is 0 Å². The summed E-state index contributed by atoms with van der Waals surface area (Å²) in [6.45, 7) is 10.6. The molecular formula is C14H29NO. The van der Waals surface area contributed by atoms with Crippen LogP contribution in [-0.2, 0) is 4.74 Å².